The Kier molecular flexibility index (Phi) is 2.63. The molecule has 1 heterocycles. The summed E-state index contributed by atoms with van der Waals surface area (Å²) in [6.45, 7) is 0. The van der Waals surface area contributed by atoms with Crippen molar-refractivity contribution in [2.45, 2.75) is 18.8 Å². The van der Waals surface area contributed by atoms with Crippen molar-refractivity contribution in [1.29, 1.82) is 0 Å². The number of hydrogen-bond donors (Lipinski definition) is 3. The smallest absolute Gasteiger partial charge is 0.325 e. The number of nitrogens with one attached hydrogen (secondary N) is 1. The third kappa shape index (κ3) is 2.24. The van der Waals surface area contributed by atoms with E-state index >= 15 is 0 Å². The third-order valence-electron chi connectivity index (χ3n) is 3.14. The number of H-pyrrole nitrogens is 1. The van der Waals surface area contributed by atoms with Crippen LogP contribution in [0, 0.1) is 0 Å². The van der Waals surface area contributed by atoms with Crippen LogP contribution in [0.25, 0.3) is 0 Å². The summed E-state index contributed by atoms with van der Waals surface area (Å²) in [5, 5.41) is 16.5. The van der Waals surface area contributed by atoms with Crippen molar-refractivity contribution in [2.75, 3.05) is 4.90 Å². The van der Waals surface area contributed by atoms with Crippen molar-refractivity contribution in [2.24, 2.45) is 5.73 Å². The molecular formula is C13H14N4O2. The Morgan fingerprint density at radius 1 is 1.42 bits per heavy atom. The number of phenols is 1. The molecule has 0 aliphatic heterocycles. The van der Waals surface area contributed by atoms with E-state index in [4.69, 9.17) is 5.73 Å². The number of nitrogens with two attached hydrogens (primary N) is 1. The van der Waals surface area contributed by atoms with Gasteiger partial charge < -0.3 is 10.8 Å². The number of anilines is 2. The Balaban J connectivity index is 1.97. The highest BCUT2D eigenvalue weighted by molar-refractivity contribution is 5.97. The maximum atomic E-state index is 11.6. The van der Waals surface area contributed by atoms with Crippen molar-refractivity contribution in [1.82, 2.24) is 10.2 Å². The van der Waals surface area contributed by atoms with Crippen LogP contribution in [0.4, 0.5) is 16.3 Å². The van der Waals surface area contributed by atoms with Crippen LogP contribution >= 0.6 is 0 Å². The van der Waals surface area contributed by atoms with Crippen LogP contribution in [0.15, 0.2) is 30.3 Å². The monoisotopic (exact) mass is 258 g/mol. The second-order valence-electron chi connectivity index (χ2n) is 4.65. The number of amides is 2. The molecule has 2 aromatic rings. The van der Waals surface area contributed by atoms with E-state index in [0.29, 0.717) is 17.4 Å². The summed E-state index contributed by atoms with van der Waals surface area (Å²) in [4.78, 5) is 12.9. The van der Waals surface area contributed by atoms with Crippen molar-refractivity contribution in [3.8, 4) is 5.75 Å². The number of phenolic OH excluding ortho intramolecular Hbond substituents is 1. The fraction of sp³-hybridized carbons (Fsp3) is 0.231. The zero-order valence-electron chi connectivity index (χ0n) is 10.2. The van der Waals surface area contributed by atoms with Crippen molar-refractivity contribution >= 4 is 17.5 Å². The lowest BCUT2D eigenvalue weighted by atomic mass is 10.2. The summed E-state index contributed by atoms with van der Waals surface area (Å²) in [6.07, 6.45) is 2.29. The third-order valence-corrected chi connectivity index (χ3v) is 3.14. The van der Waals surface area contributed by atoms with E-state index < -0.39 is 6.03 Å². The fourth-order valence-electron chi connectivity index (χ4n) is 2.05. The molecule has 19 heavy (non-hydrogen) atoms. The number of nitrogens with zero attached hydrogens (tertiary/aromatic N) is 2. The minimum Gasteiger partial charge on any atom is -0.508 e. The van der Waals surface area contributed by atoms with Gasteiger partial charge in [0.15, 0.2) is 5.82 Å². The molecule has 4 N–H and O–H groups in total. The Morgan fingerprint density at radius 2 is 2.21 bits per heavy atom. The van der Waals surface area contributed by atoms with Crippen LogP contribution in [-0.2, 0) is 0 Å². The fourth-order valence-corrected chi connectivity index (χ4v) is 2.05. The molecule has 1 aromatic heterocycles. The lowest BCUT2D eigenvalue weighted by Crippen LogP contribution is -2.31. The maximum Gasteiger partial charge on any atom is 0.325 e. The number of aromatic nitrogens is 2. The first-order chi connectivity index (χ1) is 9.15. The summed E-state index contributed by atoms with van der Waals surface area (Å²) in [7, 11) is 0. The molecule has 1 saturated carbocycles. The van der Waals surface area contributed by atoms with Gasteiger partial charge in [0.25, 0.3) is 0 Å². The van der Waals surface area contributed by atoms with Gasteiger partial charge in [-0.2, -0.15) is 5.10 Å². The van der Waals surface area contributed by atoms with Crippen LogP contribution in [0.3, 0.4) is 0 Å². The molecule has 0 atom stereocenters. The molecule has 0 spiro atoms. The predicted octanol–water partition coefficient (Wildman–Crippen LogP) is 2.21. The largest absolute Gasteiger partial charge is 0.508 e. The number of hydrogen-bond acceptors (Lipinski definition) is 3. The van der Waals surface area contributed by atoms with Crippen LogP contribution in [0.2, 0.25) is 0 Å². The van der Waals surface area contributed by atoms with E-state index in [9.17, 15) is 9.90 Å². The summed E-state index contributed by atoms with van der Waals surface area (Å²) in [6, 6.07) is 7.52. The lowest BCUT2D eigenvalue weighted by molar-refractivity contribution is 0.256. The molecule has 0 saturated heterocycles. The number of benzene rings is 1. The molecule has 1 aromatic carbocycles. The Labute approximate surface area is 109 Å². The first kappa shape index (κ1) is 11.6. The van der Waals surface area contributed by atoms with Crippen molar-refractivity contribution in [3.05, 3.63) is 36.0 Å². The molecule has 6 nitrogen and oxygen atoms in total. The summed E-state index contributed by atoms with van der Waals surface area (Å²) in [5.41, 5.74) is 6.91. The molecule has 0 radical (unpaired) electrons. The van der Waals surface area contributed by atoms with E-state index in [0.717, 1.165) is 18.5 Å². The summed E-state index contributed by atoms with van der Waals surface area (Å²) < 4.78 is 0. The van der Waals surface area contributed by atoms with Gasteiger partial charge in [-0.3, -0.25) is 5.10 Å². The van der Waals surface area contributed by atoms with Gasteiger partial charge in [-0.15, -0.1) is 0 Å². The molecule has 98 valence electrons. The van der Waals surface area contributed by atoms with E-state index in [1.54, 1.807) is 12.1 Å². The zero-order chi connectivity index (χ0) is 13.4. The quantitative estimate of drug-likeness (QED) is 0.787. The number of carbonyl (C=O) groups is 1. The number of aromatic hydroxyl groups is 1. The highest BCUT2D eigenvalue weighted by Crippen LogP contribution is 2.40. The predicted molar refractivity (Wildman–Crippen MR) is 70.4 cm³/mol. The highest BCUT2D eigenvalue weighted by atomic mass is 16.3. The molecular weight excluding hydrogens is 244 g/mol. The number of rotatable bonds is 3. The molecule has 1 fully saturated rings. The first-order valence-corrected chi connectivity index (χ1v) is 6.09. The van der Waals surface area contributed by atoms with Gasteiger partial charge in [-0.05, 0) is 25.0 Å². The number of aromatic amines is 1. The minimum absolute atomic E-state index is 0.0710. The van der Waals surface area contributed by atoms with Crippen molar-refractivity contribution in [3.63, 3.8) is 0 Å². The van der Waals surface area contributed by atoms with Gasteiger partial charge in [0, 0.05) is 23.7 Å². The standard InChI is InChI=1S/C13H14N4O2/c14-13(19)17(9-2-1-3-10(18)6-9)12-7-11(15-16-12)8-4-5-8/h1-3,6-8,18H,4-5H2,(H2,14,19)(H,15,16). The average Bonchev–Trinajstić information content (AvgIpc) is 3.10. The molecule has 1 aliphatic carbocycles. The van der Waals surface area contributed by atoms with Gasteiger partial charge >= 0.3 is 6.03 Å². The van der Waals surface area contributed by atoms with Gasteiger partial charge in [0.2, 0.25) is 0 Å². The molecule has 6 heteroatoms. The van der Waals surface area contributed by atoms with Crippen molar-refractivity contribution < 1.29 is 9.90 Å². The van der Waals surface area contributed by atoms with Gasteiger partial charge in [0.1, 0.15) is 5.75 Å². The van der Waals surface area contributed by atoms with Crippen LogP contribution < -0.4 is 10.6 Å². The minimum atomic E-state index is -0.639. The van der Waals surface area contributed by atoms with Crippen LogP contribution in [-0.4, -0.2) is 21.3 Å². The second kappa shape index (κ2) is 4.31. The molecule has 2 amide bonds. The number of carbonyl (C=O) groups excluding carboxylic acids is 1. The SMILES string of the molecule is NC(=O)N(c1cccc(O)c1)c1cc(C2CC2)[nH]n1. The first-order valence-electron chi connectivity index (χ1n) is 6.09. The number of primary amides is 1. The summed E-state index contributed by atoms with van der Waals surface area (Å²) >= 11 is 0. The second-order valence-corrected chi connectivity index (χ2v) is 4.65. The lowest BCUT2D eigenvalue weighted by Gasteiger charge is -2.17. The molecule has 0 unspecified atom stereocenters. The Bertz CT molecular complexity index is 619. The Hall–Kier alpha value is -2.50. The Morgan fingerprint density at radius 3 is 2.84 bits per heavy atom. The van der Waals surface area contributed by atoms with Gasteiger partial charge in [-0.1, -0.05) is 6.07 Å². The zero-order valence-corrected chi connectivity index (χ0v) is 10.2. The molecule has 0 bridgehead atoms. The topological polar surface area (TPSA) is 95.2 Å². The average molecular weight is 258 g/mol. The molecule has 3 rings (SSSR count). The maximum absolute atomic E-state index is 11.6. The van der Waals surface area contributed by atoms with Gasteiger partial charge in [0.05, 0.1) is 5.69 Å². The van der Waals surface area contributed by atoms with Crippen LogP contribution in [0.5, 0.6) is 5.75 Å². The van der Waals surface area contributed by atoms with E-state index in [-0.39, 0.29) is 5.75 Å². The highest BCUT2D eigenvalue weighted by Gasteiger charge is 2.27. The number of urea groups is 1. The molecule has 1 aliphatic rings. The van der Waals surface area contributed by atoms with Crippen LogP contribution in [0.1, 0.15) is 24.5 Å². The van der Waals surface area contributed by atoms with E-state index in [2.05, 4.69) is 10.2 Å². The summed E-state index contributed by atoms with van der Waals surface area (Å²) in [5.74, 6) is 1.03. The normalized spacial score (nSPS) is 14.3. The van der Waals surface area contributed by atoms with E-state index in [1.165, 1.54) is 17.0 Å². The van der Waals surface area contributed by atoms with Gasteiger partial charge in [-0.25, -0.2) is 9.69 Å². The van der Waals surface area contributed by atoms with E-state index in [1.807, 2.05) is 6.07 Å².